The molecule has 138 valence electrons. The maximum atomic E-state index is 13.6. The first-order chi connectivity index (χ1) is 12.0. The van der Waals surface area contributed by atoms with Gasteiger partial charge < -0.3 is 9.55 Å². The van der Waals surface area contributed by atoms with E-state index in [4.69, 9.17) is 28.6 Å². The summed E-state index contributed by atoms with van der Waals surface area (Å²) >= 11 is 12.1. The molecule has 0 spiro atoms. The topological polar surface area (TPSA) is 70.3 Å². The number of hydrogen-bond acceptors (Lipinski definition) is 3. The Morgan fingerprint density at radius 1 is 1.12 bits per heavy atom. The number of rotatable bonds is 3. The first kappa shape index (κ1) is 18.6. The Hall–Kier alpha value is -2.20. The van der Waals surface area contributed by atoms with Gasteiger partial charge in [0, 0.05) is 15.6 Å². The second-order valence-electron chi connectivity index (χ2n) is 5.28. The largest absolute Gasteiger partial charge is 0.461 e. The minimum atomic E-state index is -5.84. The van der Waals surface area contributed by atoms with Crippen LogP contribution >= 0.6 is 23.2 Å². The second kappa shape index (κ2) is 6.20. The first-order valence-electron chi connectivity index (χ1n) is 6.90. The number of imidazole rings is 1. The molecule has 2 heterocycles. The molecule has 0 unspecified atom stereocenters. The average Bonchev–Trinajstić information content (AvgIpc) is 2.99. The van der Waals surface area contributed by atoms with Gasteiger partial charge in [-0.05, 0) is 12.1 Å². The van der Waals surface area contributed by atoms with Gasteiger partial charge in [0.15, 0.2) is 17.0 Å². The fourth-order valence-corrected chi connectivity index (χ4v) is 2.75. The third kappa shape index (κ3) is 3.03. The van der Waals surface area contributed by atoms with Gasteiger partial charge in [-0.2, -0.15) is 22.0 Å². The lowest BCUT2D eigenvalue weighted by molar-refractivity contribution is -0.292. The van der Waals surface area contributed by atoms with Crippen molar-refractivity contribution in [2.75, 3.05) is 0 Å². The van der Waals surface area contributed by atoms with Gasteiger partial charge in [0.2, 0.25) is 0 Å². The standard InChI is InChI=1S/C14H8Cl2F5N5/c15-7-2-1-3-8(16)6(7)4-26-5-23-10(22)9-11(26)25-12(24-9)13(17,18)14(19,20)21/h1-3,5,22H,4H2,(H,24,25). The van der Waals surface area contributed by atoms with E-state index in [0.717, 1.165) is 6.33 Å². The van der Waals surface area contributed by atoms with Crippen LogP contribution in [0.25, 0.3) is 11.2 Å². The van der Waals surface area contributed by atoms with Crippen LogP contribution in [0, 0.1) is 5.41 Å². The van der Waals surface area contributed by atoms with E-state index in [2.05, 4.69) is 9.97 Å². The number of hydrogen-bond donors (Lipinski definition) is 2. The van der Waals surface area contributed by atoms with Gasteiger partial charge in [0.25, 0.3) is 0 Å². The van der Waals surface area contributed by atoms with Crippen molar-refractivity contribution in [2.45, 2.75) is 18.6 Å². The number of fused-ring (bicyclic) bond motifs is 1. The molecular formula is C14H8Cl2F5N5. The highest BCUT2D eigenvalue weighted by Gasteiger charge is 2.61. The molecule has 2 N–H and O–H groups in total. The highest BCUT2D eigenvalue weighted by atomic mass is 35.5. The summed E-state index contributed by atoms with van der Waals surface area (Å²) in [6.07, 6.45) is -4.76. The Bertz CT molecular complexity index is 1020. The van der Waals surface area contributed by atoms with Crippen LogP contribution < -0.4 is 5.49 Å². The summed E-state index contributed by atoms with van der Waals surface area (Å²) in [4.78, 5) is 8.87. The lowest BCUT2D eigenvalue weighted by Gasteiger charge is -2.16. The van der Waals surface area contributed by atoms with Crippen molar-refractivity contribution in [3.63, 3.8) is 0 Å². The number of benzene rings is 1. The molecule has 0 fully saturated rings. The second-order valence-corrected chi connectivity index (χ2v) is 6.09. The molecule has 0 atom stereocenters. The monoisotopic (exact) mass is 411 g/mol. The van der Waals surface area contributed by atoms with Gasteiger partial charge in [-0.25, -0.2) is 9.97 Å². The molecule has 12 heteroatoms. The minimum absolute atomic E-state index is 0.0931. The smallest absolute Gasteiger partial charge is 0.332 e. The molecule has 0 amide bonds. The van der Waals surface area contributed by atoms with E-state index in [1.165, 1.54) is 4.57 Å². The summed E-state index contributed by atoms with van der Waals surface area (Å²) in [6.45, 7) is -0.0931. The highest BCUT2D eigenvalue weighted by molar-refractivity contribution is 6.35. The Balaban J connectivity index is 2.17. The van der Waals surface area contributed by atoms with E-state index in [0.29, 0.717) is 5.56 Å². The number of nitrogens with zero attached hydrogens (tertiary/aromatic N) is 3. The molecule has 0 radical (unpaired) electrons. The average molecular weight is 412 g/mol. The molecule has 26 heavy (non-hydrogen) atoms. The van der Waals surface area contributed by atoms with Crippen LogP contribution in [-0.4, -0.2) is 25.7 Å². The number of nitrogens with one attached hydrogen (secondary N) is 2. The molecule has 3 aromatic rings. The number of alkyl halides is 5. The lowest BCUT2D eigenvalue weighted by Crippen LogP contribution is -2.34. The SMILES string of the molecule is N=c1ncn(Cc2c(Cl)cccc2Cl)c2nc(C(F)(F)C(F)(F)F)[nH]c12. The highest BCUT2D eigenvalue weighted by Crippen LogP contribution is 2.42. The van der Waals surface area contributed by atoms with Crippen molar-refractivity contribution in [1.82, 2.24) is 19.5 Å². The van der Waals surface area contributed by atoms with Crippen LogP contribution in [0.4, 0.5) is 22.0 Å². The van der Waals surface area contributed by atoms with Crippen molar-refractivity contribution in [3.8, 4) is 0 Å². The van der Waals surface area contributed by atoms with Gasteiger partial charge in [-0.3, -0.25) is 5.41 Å². The summed E-state index contributed by atoms with van der Waals surface area (Å²) in [5.41, 5.74) is -0.804. The molecule has 2 aromatic heterocycles. The van der Waals surface area contributed by atoms with Crippen molar-refractivity contribution < 1.29 is 22.0 Å². The zero-order chi connectivity index (χ0) is 19.3. The summed E-state index contributed by atoms with van der Waals surface area (Å²) in [7, 11) is 0. The van der Waals surface area contributed by atoms with Gasteiger partial charge in [-0.1, -0.05) is 29.3 Å². The van der Waals surface area contributed by atoms with E-state index in [1.54, 1.807) is 18.2 Å². The third-order valence-corrected chi connectivity index (χ3v) is 4.27. The summed E-state index contributed by atoms with van der Waals surface area (Å²) in [5.74, 6) is -6.83. The molecule has 1 aromatic carbocycles. The lowest BCUT2D eigenvalue weighted by atomic mass is 10.2. The van der Waals surface area contributed by atoms with Crippen molar-refractivity contribution in [3.05, 3.63) is 51.4 Å². The van der Waals surface area contributed by atoms with E-state index >= 15 is 0 Å². The normalized spacial score (nSPS) is 12.7. The number of halogens is 7. The molecule has 0 bridgehead atoms. The Labute approximate surface area is 151 Å². The van der Waals surface area contributed by atoms with Crippen LogP contribution in [0.5, 0.6) is 0 Å². The van der Waals surface area contributed by atoms with Crippen LogP contribution in [0.3, 0.4) is 0 Å². The number of aromatic nitrogens is 4. The molecule has 3 rings (SSSR count). The van der Waals surface area contributed by atoms with Crippen LogP contribution in [0.15, 0.2) is 24.5 Å². The van der Waals surface area contributed by atoms with E-state index in [-0.39, 0.29) is 27.8 Å². The van der Waals surface area contributed by atoms with Crippen molar-refractivity contribution in [2.24, 2.45) is 0 Å². The maximum absolute atomic E-state index is 13.6. The van der Waals surface area contributed by atoms with Gasteiger partial charge in [0.1, 0.15) is 5.52 Å². The van der Waals surface area contributed by atoms with Crippen LogP contribution in [0.2, 0.25) is 10.0 Å². The van der Waals surface area contributed by atoms with Gasteiger partial charge >= 0.3 is 12.1 Å². The first-order valence-corrected chi connectivity index (χ1v) is 7.65. The van der Waals surface area contributed by atoms with Crippen LogP contribution in [0.1, 0.15) is 11.4 Å². The molecule has 0 saturated heterocycles. The predicted molar refractivity (Wildman–Crippen MR) is 83.2 cm³/mol. The Kier molecular flexibility index (Phi) is 4.43. The van der Waals surface area contributed by atoms with E-state index in [9.17, 15) is 22.0 Å². The Morgan fingerprint density at radius 3 is 2.31 bits per heavy atom. The predicted octanol–water partition coefficient (Wildman–Crippen LogP) is 4.25. The molecule has 0 aliphatic carbocycles. The fourth-order valence-electron chi connectivity index (χ4n) is 2.24. The fraction of sp³-hybridized carbons (Fsp3) is 0.214. The zero-order valence-electron chi connectivity index (χ0n) is 12.5. The van der Waals surface area contributed by atoms with Gasteiger partial charge in [0.05, 0.1) is 12.9 Å². The minimum Gasteiger partial charge on any atom is -0.332 e. The summed E-state index contributed by atoms with van der Waals surface area (Å²) in [5, 5.41) is 8.16. The zero-order valence-corrected chi connectivity index (χ0v) is 14.0. The van der Waals surface area contributed by atoms with E-state index < -0.39 is 23.4 Å². The third-order valence-electron chi connectivity index (χ3n) is 3.56. The maximum Gasteiger partial charge on any atom is 0.461 e. The summed E-state index contributed by atoms with van der Waals surface area (Å²) < 4.78 is 66.1. The number of aromatic amines is 1. The van der Waals surface area contributed by atoms with Crippen molar-refractivity contribution in [1.29, 1.82) is 5.41 Å². The molecular weight excluding hydrogens is 404 g/mol. The van der Waals surface area contributed by atoms with Crippen LogP contribution in [-0.2, 0) is 12.5 Å². The number of H-pyrrole nitrogens is 1. The molecule has 0 saturated carbocycles. The molecule has 5 nitrogen and oxygen atoms in total. The molecule has 0 aliphatic rings. The van der Waals surface area contributed by atoms with Gasteiger partial charge in [-0.15, -0.1) is 0 Å². The van der Waals surface area contributed by atoms with E-state index in [1.807, 2.05) is 4.98 Å². The molecule has 0 aliphatic heterocycles. The van der Waals surface area contributed by atoms with Crippen molar-refractivity contribution >= 4 is 34.4 Å². The quantitative estimate of drug-likeness (QED) is 0.632. The summed E-state index contributed by atoms with van der Waals surface area (Å²) in [6, 6.07) is 4.68. The Morgan fingerprint density at radius 2 is 1.73 bits per heavy atom.